The van der Waals surface area contributed by atoms with Gasteiger partial charge in [0, 0.05) is 43.5 Å². The molecular weight excluding hydrogens is 481 g/mol. The van der Waals surface area contributed by atoms with Crippen LogP contribution in [0.1, 0.15) is 40.9 Å². The molecule has 0 radical (unpaired) electrons. The molecule has 38 heavy (non-hydrogen) atoms. The minimum absolute atomic E-state index is 0.115. The van der Waals surface area contributed by atoms with Crippen molar-refractivity contribution in [2.75, 3.05) is 26.2 Å². The van der Waals surface area contributed by atoms with Crippen LogP contribution in [-0.2, 0) is 9.53 Å². The third kappa shape index (κ3) is 5.43. The fourth-order valence-corrected chi connectivity index (χ4v) is 5.33. The van der Waals surface area contributed by atoms with Crippen molar-refractivity contribution in [3.63, 3.8) is 0 Å². The predicted octanol–water partition coefficient (Wildman–Crippen LogP) is 5.24. The summed E-state index contributed by atoms with van der Waals surface area (Å²) in [6.07, 6.45) is 3.47. The monoisotopic (exact) mass is 511 g/mol. The zero-order valence-electron chi connectivity index (χ0n) is 21.3. The third-order valence-electron chi connectivity index (χ3n) is 7.03. The molecule has 0 saturated carbocycles. The Morgan fingerprint density at radius 3 is 2.53 bits per heavy atom. The number of fused-ring (bicyclic) bond motifs is 1. The van der Waals surface area contributed by atoms with Gasteiger partial charge in [-0.3, -0.25) is 19.5 Å². The maximum absolute atomic E-state index is 14.3. The zero-order chi connectivity index (χ0) is 26.5. The van der Waals surface area contributed by atoms with Crippen LogP contribution in [0.2, 0.25) is 0 Å². The number of ether oxygens (including phenoxy) is 1. The number of hydrogen-bond acceptors (Lipinski definition) is 5. The van der Waals surface area contributed by atoms with Gasteiger partial charge in [-0.05, 0) is 35.6 Å². The Hall–Kier alpha value is -4.10. The molecular formula is C31H30FN3O3. The standard InChI is InChI=1S/C31H30FN3O3/c1-2-38-29(36)18-26-21-34(31(37)28-20-33-19-24-11-6-7-14-27(24)28)15-16-35(26)30(22-9-4-3-5-10-22)23-12-8-13-25(32)17-23/h3-14,17,19-20,26,30H,2,15-16,18,21H2,1H3/t26-,30?/m1/s1. The van der Waals surface area contributed by atoms with Crippen LogP contribution in [0.15, 0.2) is 91.3 Å². The molecule has 5 rings (SSSR count). The van der Waals surface area contributed by atoms with E-state index >= 15 is 0 Å². The lowest BCUT2D eigenvalue weighted by Gasteiger charge is -2.45. The summed E-state index contributed by atoms with van der Waals surface area (Å²) in [6.45, 7) is 3.35. The third-order valence-corrected chi connectivity index (χ3v) is 7.03. The second-order valence-corrected chi connectivity index (χ2v) is 9.43. The van der Waals surface area contributed by atoms with Crippen LogP contribution >= 0.6 is 0 Å². The van der Waals surface area contributed by atoms with Crippen LogP contribution in [0.3, 0.4) is 0 Å². The Labute approximate surface area is 221 Å². The Balaban J connectivity index is 1.50. The van der Waals surface area contributed by atoms with E-state index in [-0.39, 0.29) is 42.8 Å². The number of carbonyl (C=O) groups is 2. The number of hydrogen-bond donors (Lipinski definition) is 0. The van der Waals surface area contributed by atoms with Crippen molar-refractivity contribution in [3.05, 3.63) is 114 Å². The smallest absolute Gasteiger partial charge is 0.307 e. The van der Waals surface area contributed by atoms with E-state index in [1.54, 1.807) is 36.4 Å². The van der Waals surface area contributed by atoms with Crippen molar-refractivity contribution in [2.45, 2.75) is 25.4 Å². The number of carbonyl (C=O) groups excluding carboxylic acids is 2. The SMILES string of the molecule is CCOC(=O)C[C@@H]1CN(C(=O)c2cncc3ccccc23)CCN1C(c1ccccc1)c1cccc(F)c1. The first-order valence-corrected chi connectivity index (χ1v) is 12.9. The van der Waals surface area contributed by atoms with Gasteiger partial charge in [-0.15, -0.1) is 0 Å². The molecule has 1 aliphatic rings. The Bertz CT molecular complexity index is 1420. The molecule has 194 valence electrons. The summed E-state index contributed by atoms with van der Waals surface area (Å²) in [5.74, 6) is -0.762. The normalized spacial score (nSPS) is 16.8. The first-order chi connectivity index (χ1) is 18.5. The molecule has 0 aliphatic carbocycles. The second kappa shape index (κ2) is 11.5. The molecule has 0 bridgehead atoms. The van der Waals surface area contributed by atoms with Gasteiger partial charge >= 0.3 is 5.97 Å². The number of rotatable bonds is 7. The van der Waals surface area contributed by atoms with Crippen LogP contribution in [-0.4, -0.2) is 58.9 Å². The molecule has 1 saturated heterocycles. The number of piperazine rings is 1. The first-order valence-electron chi connectivity index (χ1n) is 12.9. The lowest BCUT2D eigenvalue weighted by atomic mass is 9.93. The minimum atomic E-state index is -0.330. The van der Waals surface area contributed by atoms with Crippen LogP contribution in [0.4, 0.5) is 4.39 Å². The maximum atomic E-state index is 14.3. The number of nitrogens with zero attached hydrogens (tertiary/aromatic N) is 3. The lowest BCUT2D eigenvalue weighted by Crippen LogP contribution is -2.56. The van der Waals surface area contributed by atoms with Crippen LogP contribution in [0.5, 0.6) is 0 Å². The van der Waals surface area contributed by atoms with Gasteiger partial charge in [0.1, 0.15) is 5.82 Å². The van der Waals surface area contributed by atoms with Gasteiger partial charge < -0.3 is 9.64 Å². The summed E-state index contributed by atoms with van der Waals surface area (Å²) < 4.78 is 19.7. The van der Waals surface area contributed by atoms with Crippen molar-refractivity contribution < 1.29 is 18.7 Å². The zero-order valence-corrected chi connectivity index (χ0v) is 21.3. The van der Waals surface area contributed by atoms with E-state index in [2.05, 4.69) is 9.88 Å². The van der Waals surface area contributed by atoms with E-state index in [1.807, 2.05) is 60.7 Å². The van der Waals surface area contributed by atoms with E-state index in [0.29, 0.717) is 25.2 Å². The summed E-state index contributed by atoms with van der Waals surface area (Å²) in [4.78, 5) is 34.7. The highest BCUT2D eigenvalue weighted by Gasteiger charge is 2.37. The summed E-state index contributed by atoms with van der Waals surface area (Å²) in [7, 11) is 0. The second-order valence-electron chi connectivity index (χ2n) is 9.43. The number of esters is 1. The Morgan fingerprint density at radius 1 is 0.974 bits per heavy atom. The number of benzene rings is 3. The molecule has 1 amide bonds. The molecule has 2 atom stereocenters. The fourth-order valence-electron chi connectivity index (χ4n) is 5.33. The molecule has 7 heteroatoms. The van der Waals surface area contributed by atoms with Gasteiger partial charge in [0.2, 0.25) is 0 Å². The summed E-state index contributed by atoms with van der Waals surface area (Å²) in [6, 6.07) is 23.5. The van der Waals surface area contributed by atoms with Crippen LogP contribution in [0, 0.1) is 5.82 Å². The molecule has 1 aromatic heterocycles. The van der Waals surface area contributed by atoms with Crippen molar-refractivity contribution >= 4 is 22.6 Å². The molecule has 3 aromatic carbocycles. The first kappa shape index (κ1) is 25.5. The predicted molar refractivity (Wildman–Crippen MR) is 144 cm³/mol. The van der Waals surface area contributed by atoms with Gasteiger partial charge in [0.15, 0.2) is 0 Å². The molecule has 1 unspecified atom stereocenters. The number of halogens is 1. The number of aromatic nitrogens is 1. The minimum Gasteiger partial charge on any atom is -0.466 e. The van der Waals surface area contributed by atoms with Crippen molar-refractivity contribution in [1.82, 2.24) is 14.8 Å². The lowest BCUT2D eigenvalue weighted by molar-refractivity contribution is -0.145. The molecule has 1 fully saturated rings. The maximum Gasteiger partial charge on any atom is 0.307 e. The topological polar surface area (TPSA) is 62.7 Å². The van der Waals surface area contributed by atoms with Gasteiger partial charge in [0.25, 0.3) is 5.91 Å². The Morgan fingerprint density at radius 2 is 1.74 bits per heavy atom. The highest BCUT2D eigenvalue weighted by Crippen LogP contribution is 2.34. The fraction of sp³-hybridized carbons (Fsp3) is 0.258. The molecule has 2 heterocycles. The highest BCUT2D eigenvalue weighted by atomic mass is 19.1. The van der Waals surface area contributed by atoms with Crippen LogP contribution < -0.4 is 0 Å². The van der Waals surface area contributed by atoms with Gasteiger partial charge in [-0.25, -0.2) is 4.39 Å². The van der Waals surface area contributed by atoms with E-state index < -0.39 is 0 Å². The molecule has 6 nitrogen and oxygen atoms in total. The van der Waals surface area contributed by atoms with Crippen LogP contribution in [0.25, 0.3) is 10.8 Å². The summed E-state index contributed by atoms with van der Waals surface area (Å²) in [5, 5.41) is 1.74. The number of amides is 1. The van der Waals surface area contributed by atoms with Crippen molar-refractivity contribution in [1.29, 1.82) is 0 Å². The molecule has 0 spiro atoms. The van der Waals surface area contributed by atoms with Gasteiger partial charge in [-0.1, -0.05) is 66.7 Å². The average molecular weight is 512 g/mol. The van der Waals surface area contributed by atoms with E-state index in [9.17, 15) is 14.0 Å². The summed E-state index contributed by atoms with van der Waals surface area (Å²) in [5.41, 5.74) is 2.32. The molecule has 4 aromatic rings. The number of pyridine rings is 1. The quantitative estimate of drug-likeness (QED) is 0.318. The Kier molecular flexibility index (Phi) is 7.75. The largest absolute Gasteiger partial charge is 0.466 e. The van der Waals surface area contributed by atoms with Crippen molar-refractivity contribution in [3.8, 4) is 0 Å². The summed E-state index contributed by atoms with van der Waals surface area (Å²) >= 11 is 0. The van der Waals surface area contributed by atoms with Gasteiger partial charge in [0.05, 0.1) is 24.6 Å². The van der Waals surface area contributed by atoms with Gasteiger partial charge in [-0.2, -0.15) is 0 Å². The van der Waals surface area contributed by atoms with Crippen molar-refractivity contribution in [2.24, 2.45) is 0 Å². The average Bonchev–Trinajstić information content (AvgIpc) is 2.94. The van der Waals surface area contributed by atoms with E-state index in [0.717, 1.165) is 21.9 Å². The highest BCUT2D eigenvalue weighted by molar-refractivity contribution is 6.06. The molecule has 1 aliphatic heterocycles. The van der Waals surface area contributed by atoms with E-state index in [1.165, 1.54) is 6.07 Å². The van der Waals surface area contributed by atoms with E-state index in [4.69, 9.17) is 4.74 Å². The molecule has 0 N–H and O–H groups in total.